The number of hydrogen-bond donors (Lipinski definition) is 2. The number of benzene rings is 1. The summed E-state index contributed by atoms with van der Waals surface area (Å²) < 4.78 is 10.9. The molecule has 1 aromatic rings. The molecule has 2 atom stereocenters. The van der Waals surface area contributed by atoms with Crippen molar-refractivity contribution in [3.05, 3.63) is 24.3 Å². The molecule has 1 rings (SSSR count). The fourth-order valence-electron chi connectivity index (χ4n) is 3.40. The molecule has 0 saturated carbocycles. The third-order valence-corrected chi connectivity index (χ3v) is 4.61. The van der Waals surface area contributed by atoms with Crippen LogP contribution in [0.1, 0.15) is 95.9 Å². The van der Waals surface area contributed by atoms with Gasteiger partial charge in [0.15, 0.2) is 11.5 Å². The zero-order valence-electron chi connectivity index (χ0n) is 25.1. The SMILES string of the molecule is CC(CC(C)(C)OOC(C)(C)C)NC(=O)Oc1ccccc1OC(=O)NC(C)CC(C)(C)OOC(C)(C)C. The molecule has 0 aliphatic heterocycles. The number of rotatable bonds is 12. The second kappa shape index (κ2) is 13.6. The minimum atomic E-state index is -0.687. The van der Waals surface area contributed by atoms with Crippen LogP contribution in [0.5, 0.6) is 11.5 Å². The molecule has 0 aliphatic rings. The maximum absolute atomic E-state index is 12.5. The van der Waals surface area contributed by atoms with E-state index in [0.717, 1.165) is 0 Å². The van der Waals surface area contributed by atoms with Crippen molar-refractivity contribution in [2.45, 2.75) is 130 Å². The Kier molecular flexibility index (Phi) is 12.0. The number of nitrogens with one attached hydrogen (secondary N) is 2. The molecule has 2 N–H and O–H groups in total. The minimum Gasteiger partial charge on any atom is -0.406 e. The average Bonchev–Trinajstić information content (AvgIpc) is 2.70. The molecule has 10 nitrogen and oxygen atoms in total. The quantitative estimate of drug-likeness (QED) is 0.229. The zero-order chi connectivity index (χ0) is 29.4. The van der Waals surface area contributed by atoms with Crippen LogP contribution in [0.15, 0.2) is 24.3 Å². The van der Waals surface area contributed by atoms with Crippen LogP contribution < -0.4 is 20.1 Å². The molecule has 218 valence electrons. The molecule has 0 saturated heterocycles. The van der Waals surface area contributed by atoms with Gasteiger partial charge in [-0.1, -0.05) is 12.1 Å². The summed E-state index contributed by atoms with van der Waals surface area (Å²) in [4.78, 5) is 47.0. The highest BCUT2D eigenvalue weighted by atomic mass is 17.2. The van der Waals surface area contributed by atoms with Crippen molar-refractivity contribution >= 4 is 12.2 Å². The number of ether oxygens (including phenoxy) is 2. The van der Waals surface area contributed by atoms with E-state index in [1.54, 1.807) is 24.3 Å². The molecule has 0 aliphatic carbocycles. The van der Waals surface area contributed by atoms with Crippen LogP contribution in [0.4, 0.5) is 9.59 Å². The van der Waals surface area contributed by atoms with Gasteiger partial charge in [-0.3, -0.25) is 0 Å². The lowest BCUT2D eigenvalue weighted by Crippen LogP contribution is -2.42. The Morgan fingerprint density at radius 2 is 0.947 bits per heavy atom. The van der Waals surface area contributed by atoms with E-state index in [9.17, 15) is 9.59 Å². The standard InChI is InChI=1S/C28H48N2O8/c1-19(17-27(9,10)37-35-25(3,4)5)29-23(31)33-21-15-13-14-16-22(21)34-24(32)30-20(2)18-28(11,12)38-36-26(6,7)8/h13-16,19-20H,17-18H2,1-12H3,(H,29,31)(H,30,32). The second-order valence-electron chi connectivity index (χ2n) is 12.8. The molecule has 0 bridgehead atoms. The predicted molar refractivity (Wildman–Crippen MR) is 145 cm³/mol. The zero-order valence-corrected chi connectivity index (χ0v) is 25.1. The van der Waals surface area contributed by atoms with Crippen molar-refractivity contribution in [1.29, 1.82) is 0 Å². The van der Waals surface area contributed by atoms with Crippen molar-refractivity contribution < 1.29 is 38.6 Å². The van der Waals surface area contributed by atoms with Crippen molar-refractivity contribution in [1.82, 2.24) is 10.6 Å². The minimum absolute atomic E-state index is 0.105. The fourth-order valence-corrected chi connectivity index (χ4v) is 3.40. The number of hydrogen-bond acceptors (Lipinski definition) is 8. The summed E-state index contributed by atoms with van der Waals surface area (Å²) in [6.07, 6.45) is -0.435. The van der Waals surface area contributed by atoms with Crippen LogP contribution in [-0.2, 0) is 19.6 Å². The van der Waals surface area contributed by atoms with Gasteiger partial charge >= 0.3 is 12.2 Å². The predicted octanol–water partition coefficient (Wildman–Crippen LogP) is 6.47. The van der Waals surface area contributed by atoms with E-state index in [2.05, 4.69) is 10.6 Å². The normalized spacial score (nSPS) is 14.4. The first kappa shape index (κ1) is 33.6. The Morgan fingerprint density at radius 1 is 0.632 bits per heavy atom. The van der Waals surface area contributed by atoms with Crippen molar-refractivity contribution in [2.24, 2.45) is 0 Å². The largest absolute Gasteiger partial charge is 0.412 e. The van der Waals surface area contributed by atoms with Gasteiger partial charge in [-0.25, -0.2) is 29.1 Å². The van der Waals surface area contributed by atoms with Crippen molar-refractivity contribution in [3.63, 3.8) is 0 Å². The van der Waals surface area contributed by atoms with Crippen LogP contribution in [0, 0.1) is 0 Å². The van der Waals surface area contributed by atoms with Gasteiger partial charge in [0.25, 0.3) is 0 Å². The van der Waals surface area contributed by atoms with Crippen molar-refractivity contribution in [2.75, 3.05) is 0 Å². The van der Waals surface area contributed by atoms with Gasteiger partial charge in [0.2, 0.25) is 0 Å². The van der Waals surface area contributed by atoms with Crippen LogP contribution in [-0.4, -0.2) is 46.7 Å². The molecular formula is C28H48N2O8. The first-order chi connectivity index (χ1) is 17.2. The smallest absolute Gasteiger partial charge is 0.406 e. The van der Waals surface area contributed by atoms with Gasteiger partial charge in [-0.2, -0.15) is 0 Å². The third kappa shape index (κ3) is 15.1. The van der Waals surface area contributed by atoms with E-state index in [0.29, 0.717) is 12.8 Å². The Balaban J connectivity index is 2.65. The molecule has 10 heteroatoms. The summed E-state index contributed by atoms with van der Waals surface area (Å²) in [6, 6.07) is 5.87. The molecule has 0 heterocycles. The summed E-state index contributed by atoms with van der Waals surface area (Å²) in [6.45, 7) is 22.5. The van der Waals surface area contributed by atoms with E-state index in [1.807, 2.05) is 83.1 Å². The van der Waals surface area contributed by atoms with Gasteiger partial charge in [0.05, 0.1) is 22.4 Å². The Hall–Kier alpha value is -2.40. The first-order valence-electron chi connectivity index (χ1n) is 13.0. The maximum Gasteiger partial charge on any atom is 0.412 e. The molecule has 0 fully saturated rings. The molecule has 38 heavy (non-hydrogen) atoms. The maximum atomic E-state index is 12.5. The first-order valence-corrected chi connectivity index (χ1v) is 13.0. The summed E-state index contributed by atoms with van der Waals surface area (Å²) in [5.41, 5.74) is -2.20. The van der Waals surface area contributed by atoms with E-state index < -0.39 is 34.6 Å². The highest BCUT2D eigenvalue weighted by Crippen LogP contribution is 2.27. The molecule has 0 aromatic heterocycles. The molecule has 2 unspecified atom stereocenters. The van der Waals surface area contributed by atoms with Gasteiger partial charge in [-0.15, -0.1) is 0 Å². The second-order valence-corrected chi connectivity index (χ2v) is 12.8. The van der Waals surface area contributed by atoms with Crippen LogP contribution in [0.25, 0.3) is 0 Å². The van der Waals surface area contributed by atoms with Crippen LogP contribution in [0.3, 0.4) is 0 Å². The lowest BCUT2D eigenvalue weighted by atomic mass is 10.0. The lowest BCUT2D eigenvalue weighted by Gasteiger charge is -2.30. The monoisotopic (exact) mass is 540 g/mol. The molecular weight excluding hydrogens is 492 g/mol. The number of para-hydroxylation sites is 2. The number of carbonyl (C=O) groups is 2. The van der Waals surface area contributed by atoms with E-state index in [1.165, 1.54) is 0 Å². The molecule has 1 aromatic carbocycles. The molecule has 0 spiro atoms. The molecule has 0 radical (unpaired) electrons. The summed E-state index contributed by atoms with van der Waals surface area (Å²) in [7, 11) is 0. The van der Waals surface area contributed by atoms with Crippen LogP contribution >= 0.6 is 0 Å². The van der Waals surface area contributed by atoms with E-state index >= 15 is 0 Å². The summed E-state index contributed by atoms with van der Waals surface area (Å²) in [5, 5.41) is 5.53. The van der Waals surface area contributed by atoms with Crippen LogP contribution in [0.2, 0.25) is 0 Å². The topological polar surface area (TPSA) is 114 Å². The average molecular weight is 541 g/mol. The van der Waals surface area contributed by atoms with Gasteiger partial charge in [0.1, 0.15) is 0 Å². The van der Waals surface area contributed by atoms with Gasteiger partial charge in [-0.05, 0) is 108 Å². The van der Waals surface area contributed by atoms with E-state index in [4.69, 9.17) is 29.0 Å². The van der Waals surface area contributed by atoms with Crippen molar-refractivity contribution in [3.8, 4) is 11.5 Å². The molecule has 2 amide bonds. The third-order valence-electron chi connectivity index (χ3n) is 4.61. The Bertz CT molecular complexity index is 830. The summed E-state index contributed by atoms with van der Waals surface area (Å²) >= 11 is 0. The fraction of sp³-hybridized carbons (Fsp3) is 0.714. The highest BCUT2D eigenvalue weighted by Gasteiger charge is 2.29. The van der Waals surface area contributed by atoms with Gasteiger partial charge in [0, 0.05) is 12.1 Å². The highest BCUT2D eigenvalue weighted by molar-refractivity contribution is 5.74. The Morgan fingerprint density at radius 3 is 1.24 bits per heavy atom. The lowest BCUT2D eigenvalue weighted by molar-refractivity contribution is -0.398. The van der Waals surface area contributed by atoms with Gasteiger partial charge < -0.3 is 20.1 Å². The van der Waals surface area contributed by atoms with E-state index in [-0.39, 0.29) is 23.6 Å². The Labute approximate surface area is 227 Å². The number of amides is 2. The number of carbonyl (C=O) groups excluding carboxylic acids is 2. The summed E-state index contributed by atoms with van der Waals surface area (Å²) in [5.74, 6) is 0.211.